The second-order valence-electron chi connectivity index (χ2n) is 6.97. The number of amides is 1. The van der Waals surface area contributed by atoms with Gasteiger partial charge in [0, 0.05) is 5.69 Å². The summed E-state index contributed by atoms with van der Waals surface area (Å²) in [6.07, 6.45) is 0. The van der Waals surface area contributed by atoms with Crippen LogP contribution in [-0.2, 0) is 11.3 Å². The van der Waals surface area contributed by atoms with Crippen LogP contribution in [0.15, 0.2) is 63.5 Å². The van der Waals surface area contributed by atoms with E-state index in [9.17, 15) is 14.4 Å². The largest absolute Gasteiger partial charge is 0.495 e. The van der Waals surface area contributed by atoms with Gasteiger partial charge < -0.3 is 14.8 Å². The highest BCUT2D eigenvalue weighted by molar-refractivity contribution is 7.17. The molecule has 0 unspecified atom stereocenters. The Labute approximate surface area is 197 Å². The molecule has 4 rings (SSSR count). The van der Waals surface area contributed by atoms with E-state index >= 15 is 0 Å². The molecule has 0 saturated heterocycles. The number of nitrogens with one attached hydrogen (secondary N) is 1. The fraction of sp³-hybridized carbons (Fsp3) is 0.174. The van der Waals surface area contributed by atoms with Crippen molar-refractivity contribution < 1.29 is 14.3 Å². The highest BCUT2D eigenvalue weighted by Crippen LogP contribution is 2.27. The van der Waals surface area contributed by atoms with Crippen LogP contribution in [0.3, 0.4) is 0 Å². The van der Waals surface area contributed by atoms with E-state index in [0.717, 1.165) is 4.57 Å². The van der Waals surface area contributed by atoms with Crippen molar-refractivity contribution in [2.45, 2.75) is 13.5 Å². The molecule has 4 aromatic rings. The highest BCUT2D eigenvalue weighted by Gasteiger charge is 2.18. The van der Waals surface area contributed by atoms with Crippen molar-refractivity contribution in [1.82, 2.24) is 9.13 Å². The number of hydrogen-bond donors (Lipinski definition) is 1. The minimum Gasteiger partial charge on any atom is -0.495 e. The molecule has 2 aromatic heterocycles. The lowest BCUT2D eigenvalue weighted by atomic mass is 10.3. The molecule has 0 fully saturated rings. The van der Waals surface area contributed by atoms with E-state index in [1.54, 1.807) is 53.9 Å². The van der Waals surface area contributed by atoms with Gasteiger partial charge in [-0.05, 0) is 60.8 Å². The van der Waals surface area contributed by atoms with E-state index in [0.29, 0.717) is 44.7 Å². The molecule has 170 valence electrons. The number of benzene rings is 2. The number of carbonyl (C=O) groups is 1. The van der Waals surface area contributed by atoms with Crippen molar-refractivity contribution in [3.8, 4) is 17.2 Å². The lowest BCUT2D eigenvalue weighted by Crippen LogP contribution is -2.40. The first-order chi connectivity index (χ1) is 15.9. The van der Waals surface area contributed by atoms with Crippen LogP contribution in [0.2, 0.25) is 5.02 Å². The third kappa shape index (κ3) is 4.50. The Morgan fingerprint density at radius 1 is 1.12 bits per heavy atom. The number of nitrogens with zero attached hydrogens (tertiary/aromatic N) is 2. The Morgan fingerprint density at radius 2 is 1.88 bits per heavy atom. The average molecular weight is 486 g/mol. The minimum atomic E-state index is -0.613. The lowest BCUT2D eigenvalue weighted by molar-refractivity contribution is -0.116. The fourth-order valence-corrected chi connectivity index (χ4v) is 4.50. The zero-order valence-corrected chi connectivity index (χ0v) is 19.4. The average Bonchev–Trinajstić information content (AvgIpc) is 3.28. The van der Waals surface area contributed by atoms with E-state index in [1.807, 2.05) is 6.92 Å². The third-order valence-corrected chi connectivity index (χ3v) is 6.08. The molecule has 0 spiro atoms. The molecule has 2 aromatic carbocycles. The smallest absolute Gasteiger partial charge is 0.336 e. The van der Waals surface area contributed by atoms with Crippen molar-refractivity contribution in [3.63, 3.8) is 0 Å². The summed E-state index contributed by atoms with van der Waals surface area (Å²) < 4.78 is 13.3. The van der Waals surface area contributed by atoms with Crippen LogP contribution in [-0.4, -0.2) is 28.8 Å². The standard InChI is InChI=1S/C23H20ClN3O5S/c1-3-32-16-7-5-15(6-8-16)27-22(29)21-18(10-11-33-21)26(23(27)30)13-20(28)25-14-4-9-19(31-2)17(24)12-14/h4-12H,3,13H2,1-2H3,(H,25,28). The number of ether oxygens (including phenoxy) is 2. The zero-order valence-electron chi connectivity index (χ0n) is 17.8. The molecule has 1 N–H and O–H groups in total. The summed E-state index contributed by atoms with van der Waals surface area (Å²) >= 11 is 7.33. The topological polar surface area (TPSA) is 91.6 Å². The van der Waals surface area contributed by atoms with Gasteiger partial charge in [0.1, 0.15) is 22.7 Å². The van der Waals surface area contributed by atoms with E-state index in [4.69, 9.17) is 21.1 Å². The number of rotatable bonds is 7. The SMILES string of the molecule is CCOc1ccc(-n2c(=O)c3sccc3n(CC(=O)Nc3ccc(OC)c(Cl)c3)c2=O)cc1. The summed E-state index contributed by atoms with van der Waals surface area (Å²) in [5.41, 5.74) is 0.200. The molecule has 0 aliphatic carbocycles. The molecule has 0 atom stereocenters. The van der Waals surface area contributed by atoms with Gasteiger partial charge in [0.15, 0.2) is 0 Å². The van der Waals surface area contributed by atoms with E-state index < -0.39 is 17.2 Å². The molecule has 10 heteroatoms. The van der Waals surface area contributed by atoms with Gasteiger partial charge in [-0.1, -0.05) is 11.6 Å². The second-order valence-corrected chi connectivity index (χ2v) is 8.29. The number of fused-ring (bicyclic) bond motifs is 1. The van der Waals surface area contributed by atoms with Gasteiger partial charge in [-0.15, -0.1) is 11.3 Å². The number of halogens is 1. The minimum absolute atomic E-state index is 0.285. The van der Waals surface area contributed by atoms with Gasteiger partial charge in [-0.2, -0.15) is 0 Å². The Balaban J connectivity index is 1.71. The molecule has 8 nitrogen and oxygen atoms in total. The lowest BCUT2D eigenvalue weighted by Gasteiger charge is -2.13. The van der Waals surface area contributed by atoms with E-state index in [1.165, 1.54) is 23.0 Å². The summed E-state index contributed by atoms with van der Waals surface area (Å²) in [5.74, 6) is 0.667. The van der Waals surface area contributed by atoms with Gasteiger partial charge in [0.05, 0.1) is 29.9 Å². The molecule has 1 amide bonds. The molecule has 0 bridgehead atoms. The number of aromatic nitrogens is 2. The summed E-state index contributed by atoms with van der Waals surface area (Å²) in [6, 6.07) is 13.1. The van der Waals surface area contributed by atoms with Crippen LogP contribution in [0.25, 0.3) is 15.9 Å². The molecule has 0 saturated carbocycles. The maximum absolute atomic E-state index is 13.3. The number of thiophene rings is 1. The highest BCUT2D eigenvalue weighted by atomic mass is 35.5. The van der Waals surface area contributed by atoms with Crippen molar-refractivity contribution in [1.29, 1.82) is 0 Å². The monoisotopic (exact) mass is 485 g/mol. The summed E-state index contributed by atoms with van der Waals surface area (Å²) in [6.45, 7) is 2.08. The van der Waals surface area contributed by atoms with Gasteiger partial charge in [0.25, 0.3) is 5.56 Å². The van der Waals surface area contributed by atoms with Crippen molar-refractivity contribution in [3.05, 3.63) is 79.8 Å². The first-order valence-corrected chi connectivity index (χ1v) is 11.3. The van der Waals surface area contributed by atoms with Crippen LogP contribution in [0, 0.1) is 0 Å². The number of carbonyl (C=O) groups excluding carboxylic acids is 1. The quantitative estimate of drug-likeness (QED) is 0.428. The van der Waals surface area contributed by atoms with Crippen LogP contribution in [0.1, 0.15) is 6.92 Å². The normalized spacial score (nSPS) is 10.9. The zero-order chi connectivity index (χ0) is 23.5. The Hall–Kier alpha value is -3.56. The molecule has 0 radical (unpaired) electrons. The van der Waals surface area contributed by atoms with E-state index in [-0.39, 0.29) is 6.54 Å². The Kier molecular flexibility index (Phi) is 6.52. The van der Waals surface area contributed by atoms with Gasteiger partial charge in [-0.25, -0.2) is 9.36 Å². The predicted octanol–water partition coefficient (Wildman–Crippen LogP) is 3.91. The molecule has 33 heavy (non-hydrogen) atoms. The Morgan fingerprint density at radius 3 is 2.55 bits per heavy atom. The Bertz CT molecular complexity index is 1440. The van der Waals surface area contributed by atoms with Gasteiger partial charge in [-0.3, -0.25) is 14.2 Å². The first-order valence-electron chi connectivity index (χ1n) is 10.0. The summed E-state index contributed by atoms with van der Waals surface area (Å²) in [7, 11) is 1.50. The molecular formula is C23H20ClN3O5S. The molecule has 2 heterocycles. The fourth-order valence-electron chi connectivity index (χ4n) is 3.41. The predicted molar refractivity (Wildman–Crippen MR) is 129 cm³/mol. The van der Waals surface area contributed by atoms with Gasteiger partial charge in [0.2, 0.25) is 5.91 Å². The maximum Gasteiger partial charge on any atom is 0.336 e. The van der Waals surface area contributed by atoms with Crippen LogP contribution < -0.4 is 26.0 Å². The third-order valence-electron chi connectivity index (χ3n) is 4.90. The van der Waals surface area contributed by atoms with Crippen LogP contribution >= 0.6 is 22.9 Å². The molecule has 0 aliphatic rings. The second kappa shape index (κ2) is 9.51. The summed E-state index contributed by atoms with van der Waals surface area (Å²) in [5, 5.41) is 4.78. The number of hydrogen-bond acceptors (Lipinski definition) is 6. The van der Waals surface area contributed by atoms with Gasteiger partial charge >= 0.3 is 5.69 Å². The van der Waals surface area contributed by atoms with Crippen LogP contribution in [0.4, 0.5) is 5.69 Å². The van der Waals surface area contributed by atoms with E-state index in [2.05, 4.69) is 5.32 Å². The van der Waals surface area contributed by atoms with Crippen LogP contribution in [0.5, 0.6) is 11.5 Å². The summed E-state index contributed by atoms with van der Waals surface area (Å²) in [4.78, 5) is 39.1. The number of anilines is 1. The number of methoxy groups -OCH3 is 1. The van der Waals surface area contributed by atoms with Crippen molar-refractivity contribution in [2.75, 3.05) is 19.0 Å². The maximum atomic E-state index is 13.3. The van der Waals surface area contributed by atoms with Crippen molar-refractivity contribution in [2.24, 2.45) is 0 Å². The van der Waals surface area contributed by atoms with Crippen molar-refractivity contribution >= 4 is 44.7 Å². The molecular weight excluding hydrogens is 466 g/mol. The first kappa shape index (κ1) is 22.6. The molecule has 0 aliphatic heterocycles.